The summed E-state index contributed by atoms with van der Waals surface area (Å²) < 4.78 is 0. The van der Waals surface area contributed by atoms with Crippen molar-refractivity contribution in [3.8, 4) is 0 Å². The van der Waals surface area contributed by atoms with Crippen LogP contribution < -0.4 is 10.2 Å². The SMILES string of the molecule is CC(C)c1cccc(C(C)C)c1NC(=O)CC(=O)N1CCCCc2ccccc21. The van der Waals surface area contributed by atoms with E-state index in [2.05, 4.69) is 51.2 Å². The number of amides is 2. The highest BCUT2D eigenvalue weighted by molar-refractivity contribution is 6.09. The fourth-order valence-corrected chi connectivity index (χ4v) is 4.06. The summed E-state index contributed by atoms with van der Waals surface area (Å²) in [7, 11) is 0. The molecule has 0 bridgehead atoms. The van der Waals surface area contributed by atoms with Gasteiger partial charge in [0.25, 0.3) is 0 Å². The van der Waals surface area contributed by atoms with Crippen molar-refractivity contribution < 1.29 is 9.59 Å². The third-order valence-electron chi connectivity index (χ3n) is 5.61. The molecule has 0 radical (unpaired) electrons. The van der Waals surface area contributed by atoms with E-state index < -0.39 is 0 Å². The predicted molar refractivity (Wildman–Crippen MR) is 120 cm³/mol. The van der Waals surface area contributed by atoms with Crippen LogP contribution in [-0.4, -0.2) is 18.4 Å². The first kappa shape index (κ1) is 21.1. The minimum atomic E-state index is -0.244. The summed E-state index contributed by atoms with van der Waals surface area (Å²) in [6.07, 6.45) is 2.85. The van der Waals surface area contributed by atoms with Crippen LogP contribution in [-0.2, 0) is 16.0 Å². The Labute approximate surface area is 174 Å². The van der Waals surface area contributed by atoms with E-state index >= 15 is 0 Å². The minimum absolute atomic E-state index is 0.134. The molecule has 0 atom stereocenters. The molecule has 0 aliphatic carbocycles. The van der Waals surface area contributed by atoms with Crippen LogP contribution in [0.2, 0.25) is 0 Å². The second-order valence-corrected chi connectivity index (χ2v) is 8.48. The Kier molecular flexibility index (Phi) is 6.73. The van der Waals surface area contributed by atoms with E-state index in [1.165, 1.54) is 5.56 Å². The van der Waals surface area contributed by atoms with E-state index in [0.717, 1.165) is 41.8 Å². The van der Waals surface area contributed by atoms with Crippen molar-refractivity contribution in [1.82, 2.24) is 0 Å². The van der Waals surface area contributed by atoms with Crippen LogP contribution >= 0.6 is 0 Å². The number of nitrogens with one attached hydrogen (secondary N) is 1. The molecule has 2 aromatic rings. The average Bonchev–Trinajstić information content (AvgIpc) is 2.90. The molecule has 0 saturated heterocycles. The standard InChI is InChI=1S/C25H32N2O2/c1-17(2)20-12-9-13-21(18(3)4)25(20)26-23(28)16-24(29)27-15-8-7-11-19-10-5-6-14-22(19)27/h5-6,9-10,12-14,17-18H,7-8,11,15-16H2,1-4H3,(H,26,28). The molecular formula is C25H32N2O2. The number of hydrogen-bond acceptors (Lipinski definition) is 2. The van der Waals surface area contributed by atoms with Crippen molar-refractivity contribution >= 4 is 23.2 Å². The molecule has 154 valence electrons. The van der Waals surface area contributed by atoms with E-state index in [9.17, 15) is 9.59 Å². The van der Waals surface area contributed by atoms with Gasteiger partial charge in [-0.15, -0.1) is 0 Å². The number of fused-ring (bicyclic) bond motifs is 1. The van der Waals surface area contributed by atoms with E-state index in [0.29, 0.717) is 6.54 Å². The van der Waals surface area contributed by atoms with Gasteiger partial charge in [-0.05, 0) is 53.9 Å². The zero-order valence-corrected chi connectivity index (χ0v) is 18.0. The van der Waals surface area contributed by atoms with Crippen molar-refractivity contribution in [2.45, 2.75) is 65.2 Å². The summed E-state index contributed by atoms with van der Waals surface area (Å²) in [5.41, 5.74) is 5.22. The van der Waals surface area contributed by atoms with Gasteiger partial charge >= 0.3 is 0 Å². The lowest BCUT2D eigenvalue weighted by atomic mass is 9.92. The van der Waals surface area contributed by atoms with Gasteiger partial charge in [-0.2, -0.15) is 0 Å². The van der Waals surface area contributed by atoms with E-state index in [1.807, 2.05) is 24.3 Å². The molecule has 1 aliphatic rings. The molecular weight excluding hydrogens is 360 g/mol. The molecule has 0 fully saturated rings. The predicted octanol–water partition coefficient (Wildman–Crippen LogP) is 5.63. The Bertz CT molecular complexity index is 860. The third-order valence-corrected chi connectivity index (χ3v) is 5.61. The average molecular weight is 393 g/mol. The molecule has 1 aliphatic heterocycles. The monoisotopic (exact) mass is 392 g/mol. The fraction of sp³-hybridized carbons (Fsp3) is 0.440. The zero-order valence-electron chi connectivity index (χ0n) is 18.0. The topological polar surface area (TPSA) is 49.4 Å². The number of hydrogen-bond donors (Lipinski definition) is 1. The van der Waals surface area contributed by atoms with Crippen LogP contribution in [0.3, 0.4) is 0 Å². The lowest BCUT2D eigenvalue weighted by Crippen LogP contribution is -2.34. The number of benzene rings is 2. The third kappa shape index (κ3) is 4.87. The molecule has 0 spiro atoms. The Hall–Kier alpha value is -2.62. The fourth-order valence-electron chi connectivity index (χ4n) is 4.06. The van der Waals surface area contributed by atoms with Gasteiger partial charge in [0, 0.05) is 17.9 Å². The van der Waals surface area contributed by atoms with Gasteiger partial charge in [0.2, 0.25) is 11.8 Å². The number of rotatable bonds is 5. The molecule has 4 heteroatoms. The molecule has 2 amide bonds. The molecule has 29 heavy (non-hydrogen) atoms. The number of para-hydroxylation sites is 2. The van der Waals surface area contributed by atoms with Gasteiger partial charge in [-0.3, -0.25) is 9.59 Å². The first-order chi connectivity index (χ1) is 13.9. The van der Waals surface area contributed by atoms with E-state index in [-0.39, 0.29) is 30.1 Å². The summed E-state index contributed by atoms with van der Waals surface area (Å²) >= 11 is 0. The van der Waals surface area contributed by atoms with Crippen molar-refractivity contribution in [2.24, 2.45) is 0 Å². The highest BCUT2D eigenvalue weighted by Crippen LogP contribution is 2.33. The van der Waals surface area contributed by atoms with Crippen LogP contribution in [0.15, 0.2) is 42.5 Å². The molecule has 2 aromatic carbocycles. The Morgan fingerprint density at radius 2 is 1.59 bits per heavy atom. The van der Waals surface area contributed by atoms with Crippen molar-refractivity contribution in [3.63, 3.8) is 0 Å². The highest BCUT2D eigenvalue weighted by Gasteiger charge is 2.24. The summed E-state index contributed by atoms with van der Waals surface area (Å²) in [5, 5.41) is 3.06. The number of carbonyl (C=O) groups is 2. The van der Waals surface area contributed by atoms with Crippen LogP contribution in [0, 0.1) is 0 Å². The second-order valence-electron chi connectivity index (χ2n) is 8.48. The van der Waals surface area contributed by atoms with Crippen LogP contribution in [0.4, 0.5) is 11.4 Å². The van der Waals surface area contributed by atoms with Crippen molar-refractivity contribution in [1.29, 1.82) is 0 Å². The van der Waals surface area contributed by atoms with Gasteiger partial charge < -0.3 is 10.2 Å². The molecule has 1 N–H and O–H groups in total. The first-order valence-electron chi connectivity index (χ1n) is 10.7. The number of nitrogens with zero attached hydrogens (tertiary/aromatic N) is 1. The summed E-state index contributed by atoms with van der Waals surface area (Å²) in [6.45, 7) is 9.15. The smallest absolute Gasteiger partial charge is 0.236 e. The lowest BCUT2D eigenvalue weighted by Gasteiger charge is -2.24. The Morgan fingerprint density at radius 1 is 0.931 bits per heavy atom. The summed E-state index contributed by atoms with van der Waals surface area (Å²) in [5.74, 6) is 0.200. The number of anilines is 2. The zero-order chi connectivity index (χ0) is 21.0. The molecule has 1 heterocycles. The van der Waals surface area contributed by atoms with Crippen LogP contribution in [0.1, 0.15) is 75.5 Å². The lowest BCUT2D eigenvalue weighted by molar-refractivity contribution is -0.125. The van der Waals surface area contributed by atoms with Gasteiger partial charge in [0.05, 0.1) is 0 Å². The van der Waals surface area contributed by atoms with Gasteiger partial charge in [0.15, 0.2) is 0 Å². The molecule has 3 rings (SSSR count). The van der Waals surface area contributed by atoms with Crippen molar-refractivity contribution in [2.75, 3.05) is 16.8 Å². The Balaban J connectivity index is 1.79. The van der Waals surface area contributed by atoms with Gasteiger partial charge in [0.1, 0.15) is 6.42 Å². The quantitative estimate of drug-likeness (QED) is 0.670. The Morgan fingerprint density at radius 3 is 2.24 bits per heavy atom. The molecule has 0 saturated carbocycles. The number of aryl methyl sites for hydroxylation is 1. The van der Waals surface area contributed by atoms with Gasteiger partial charge in [-0.25, -0.2) is 0 Å². The minimum Gasteiger partial charge on any atom is -0.325 e. The maximum absolute atomic E-state index is 13.0. The maximum Gasteiger partial charge on any atom is 0.236 e. The molecule has 0 unspecified atom stereocenters. The highest BCUT2D eigenvalue weighted by atomic mass is 16.2. The van der Waals surface area contributed by atoms with Crippen molar-refractivity contribution in [3.05, 3.63) is 59.2 Å². The van der Waals surface area contributed by atoms with Gasteiger partial charge in [-0.1, -0.05) is 64.1 Å². The van der Waals surface area contributed by atoms with Crippen LogP contribution in [0.5, 0.6) is 0 Å². The largest absolute Gasteiger partial charge is 0.325 e. The summed E-state index contributed by atoms with van der Waals surface area (Å²) in [4.78, 5) is 27.7. The molecule has 0 aromatic heterocycles. The normalized spacial score (nSPS) is 13.9. The summed E-state index contributed by atoms with van der Waals surface area (Å²) in [6, 6.07) is 14.2. The van der Waals surface area contributed by atoms with Crippen LogP contribution in [0.25, 0.3) is 0 Å². The maximum atomic E-state index is 13.0. The second kappa shape index (κ2) is 9.25. The first-order valence-corrected chi connectivity index (χ1v) is 10.7. The molecule has 4 nitrogen and oxygen atoms in total. The number of carbonyl (C=O) groups excluding carboxylic acids is 2. The van der Waals surface area contributed by atoms with E-state index in [4.69, 9.17) is 0 Å². The van der Waals surface area contributed by atoms with E-state index in [1.54, 1.807) is 4.90 Å².